The highest BCUT2D eigenvalue weighted by atomic mass is 16.5. The Morgan fingerprint density at radius 3 is 2.65 bits per heavy atom. The number of ether oxygens (including phenoxy) is 1. The first kappa shape index (κ1) is 15.2. The van der Waals surface area contributed by atoms with Gasteiger partial charge >= 0.3 is 5.97 Å². The largest absolute Gasteiger partial charge is 0.494 e. The van der Waals surface area contributed by atoms with E-state index in [2.05, 4.69) is 6.92 Å². The van der Waals surface area contributed by atoms with Gasteiger partial charge in [0.15, 0.2) is 0 Å². The van der Waals surface area contributed by atoms with E-state index in [9.17, 15) is 9.90 Å². The predicted molar refractivity (Wildman–Crippen MR) is 89.0 cm³/mol. The minimum Gasteiger partial charge on any atom is -0.494 e. The van der Waals surface area contributed by atoms with Gasteiger partial charge in [-0.2, -0.15) is 0 Å². The number of furan rings is 1. The van der Waals surface area contributed by atoms with Crippen molar-refractivity contribution >= 4 is 16.9 Å². The Kier molecular flexibility index (Phi) is 4.33. The summed E-state index contributed by atoms with van der Waals surface area (Å²) in [5.41, 5.74) is 1.46. The first-order valence-corrected chi connectivity index (χ1v) is 7.68. The van der Waals surface area contributed by atoms with Crippen LogP contribution in [0.15, 0.2) is 52.9 Å². The maximum Gasteiger partial charge on any atom is 0.340 e. The van der Waals surface area contributed by atoms with Gasteiger partial charge in [0.25, 0.3) is 0 Å². The van der Waals surface area contributed by atoms with Gasteiger partial charge in [-0.15, -0.1) is 0 Å². The van der Waals surface area contributed by atoms with Crippen LogP contribution in [0.2, 0.25) is 0 Å². The number of carbonyl (C=O) groups is 1. The van der Waals surface area contributed by atoms with E-state index in [1.807, 2.05) is 36.4 Å². The fourth-order valence-corrected chi connectivity index (χ4v) is 2.51. The van der Waals surface area contributed by atoms with Crippen molar-refractivity contribution in [2.75, 3.05) is 6.61 Å². The molecule has 0 spiro atoms. The van der Waals surface area contributed by atoms with E-state index in [0.717, 1.165) is 18.4 Å². The molecule has 1 heterocycles. The number of benzene rings is 2. The highest BCUT2D eigenvalue weighted by Crippen LogP contribution is 2.35. The first-order valence-electron chi connectivity index (χ1n) is 7.68. The lowest BCUT2D eigenvalue weighted by Gasteiger charge is -2.04. The Morgan fingerprint density at radius 1 is 1.17 bits per heavy atom. The molecule has 1 aromatic heterocycles. The zero-order chi connectivity index (χ0) is 16.2. The maximum atomic E-state index is 11.7. The molecule has 0 radical (unpaired) electrons. The Morgan fingerprint density at radius 2 is 1.96 bits per heavy atom. The fraction of sp³-hybridized carbons (Fsp3) is 0.211. The molecule has 0 aliphatic rings. The summed E-state index contributed by atoms with van der Waals surface area (Å²) < 4.78 is 11.5. The molecule has 2 aromatic carbocycles. The van der Waals surface area contributed by atoms with Crippen LogP contribution in [-0.2, 0) is 0 Å². The van der Waals surface area contributed by atoms with Crippen molar-refractivity contribution in [3.05, 3.63) is 54.1 Å². The van der Waals surface area contributed by atoms with E-state index in [-0.39, 0.29) is 5.56 Å². The molecule has 0 bridgehead atoms. The van der Waals surface area contributed by atoms with Crippen molar-refractivity contribution in [3.63, 3.8) is 0 Å². The van der Waals surface area contributed by atoms with E-state index in [0.29, 0.717) is 29.1 Å². The quantitative estimate of drug-likeness (QED) is 0.652. The lowest BCUT2D eigenvalue weighted by molar-refractivity contribution is 0.0699. The van der Waals surface area contributed by atoms with Gasteiger partial charge < -0.3 is 14.3 Å². The van der Waals surface area contributed by atoms with Crippen LogP contribution in [0, 0.1) is 0 Å². The number of unbranched alkanes of at least 4 members (excludes halogenated alkanes) is 1. The zero-order valence-corrected chi connectivity index (χ0v) is 12.9. The predicted octanol–water partition coefficient (Wildman–Crippen LogP) is 4.98. The Hall–Kier alpha value is -2.75. The molecular formula is C19H18O4. The second-order valence-corrected chi connectivity index (χ2v) is 5.34. The molecule has 118 valence electrons. The topological polar surface area (TPSA) is 59.7 Å². The van der Waals surface area contributed by atoms with Gasteiger partial charge in [0.05, 0.1) is 6.61 Å². The normalized spacial score (nSPS) is 10.8. The summed E-state index contributed by atoms with van der Waals surface area (Å²) in [7, 11) is 0. The maximum absolute atomic E-state index is 11.7. The summed E-state index contributed by atoms with van der Waals surface area (Å²) in [6.45, 7) is 2.71. The molecule has 23 heavy (non-hydrogen) atoms. The van der Waals surface area contributed by atoms with Crippen molar-refractivity contribution in [2.24, 2.45) is 0 Å². The number of aromatic carboxylic acids is 1. The van der Waals surface area contributed by atoms with Crippen LogP contribution in [0.3, 0.4) is 0 Å². The molecule has 0 saturated carbocycles. The summed E-state index contributed by atoms with van der Waals surface area (Å²) in [6.07, 6.45) is 2.01. The van der Waals surface area contributed by atoms with Crippen LogP contribution in [0.1, 0.15) is 30.1 Å². The van der Waals surface area contributed by atoms with Crippen LogP contribution in [0.25, 0.3) is 22.3 Å². The SMILES string of the molecule is CCCCOc1ccc2oc(-c3ccccc3)c(C(=O)O)c2c1. The zero-order valence-electron chi connectivity index (χ0n) is 12.9. The van der Waals surface area contributed by atoms with Gasteiger partial charge in [0.2, 0.25) is 0 Å². The number of hydrogen-bond donors (Lipinski definition) is 1. The number of rotatable bonds is 6. The Labute approximate surface area is 134 Å². The second kappa shape index (κ2) is 6.57. The number of carboxylic acids is 1. The van der Waals surface area contributed by atoms with E-state index in [1.165, 1.54) is 0 Å². The first-order chi connectivity index (χ1) is 11.2. The second-order valence-electron chi connectivity index (χ2n) is 5.34. The lowest BCUT2D eigenvalue weighted by Crippen LogP contribution is -1.98. The van der Waals surface area contributed by atoms with Crippen LogP contribution in [0.5, 0.6) is 5.75 Å². The summed E-state index contributed by atoms with van der Waals surface area (Å²) in [5.74, 6) is 0.0287. The van der Waals surface area contributed by atoms with Crippen LogP contribution in [0.4, 0.5) is 0 Å². The van der Waals surface area contributed by atoms with Crippen molar-refractivity contribution in [2.45, 2.75) is 19.8 Å². The van der Waals surface area contributed by atoms with Gasteiger partial charge in [-0.25, -0.2) is 4.79 Å². The highest BCUT2D eigenvalue weighted by Gasteiger charge is 2.21. The summed E-state index contributed by atoms with van der Waals surface area (Å²) in [6, 6.07) is 14.6. The van der Waals surface area contributed by atoms with Crippen LogP contribution in [-0.4, -0.2) is 17.7 Å². The van der Waals surface area contributed by atoms with Gasteiger partial charge in [-0.1, -0.05) is 43.7 Å². The van der Waals surface area contributed by atoms with Gasteiger partial charge in [-0.3, -0.25) is 0 Å². The molecule has 0 atom stereocenters. The third-order valence-corrected chi connectivity index (χ3v) is 3.68. The molecule has 3 rings (SSSR count). The van der Waals surface area contributed by atoms with E-state index < -0.39 is 5.97 Å². The van der Waals surface area contributed by atoms with Gasteiger partial charge in [-0.05, 0) is 24.6 Å². The number of carboxylic acid groups (broad SMARTS) is 1. The number of fused-ring (bicyclic) bond motifs is 1. The monoisotopic (exact) mass is 310 g/mol. The average molecular weight is 310 g/mol. The smallest absolute Gasteiger partial charge is 0.340 e. The van der Waals surface area contributed by atoms with Crippen molar-refractivity contribution < 1.29 is 19.1 Å². The van der Waals surface area contributed by atoms with Crippen molar-refractivity contribution in [1.82, 2.24) is 0 Å². The van der Waals surface area contributed by atoms with Crippen molar-refractivity contribution in [3.8, 4) is 17.1 Å². The Bertz CT molecular complexity index is 818. The van der Waals surface area contributed by atoms with Crippen molar-refractivity contribution in [1.29, 1.82) is 0 Å². The standard InChI is InChI=1S/C19H18O4/c1-2-3-11-22-14-9-10-16-15(12-14)17(19(20)21)18(23-16)13-7-5-4-6-8-13/h4-10,12H,2-3,11H2,1H3,(H,20,21). The molecule has 0 unspecified atom stereocenters. The fourth-order valence-electron chi connectivity index (χ4n) is 2.51. The van der Waals surface area contributed by atoms with Crippen LogP contribution < -0.4 is 4.74 Å². The molecule has 4 heteroatoms. The molecular weight excluding hydrogens is 292 g/mol. The minimum atomic E-state index is -1.01. The summed E-state index contributed by atoms with van der Waals surface area (Å²) >= 11 is 0. The molecule has 3 aromatic rings. The summed E-state index contributed by atoms with van der Waals surface area (Å²) in [5, 5.41) is 10.2. The third kappa shape index (κ3) is 3.06. The molecule has 0 saturated heterocycles. The van der Waals surface area contributed by atoms with E-state index >= 15 is 0 Å². The van der Waals surface area contributed by atoms with E-state index in [4.69, 9.17) is 9.15 Å². The molecule has 0 amide bonds. The Balaban J connectivity index is 2.08. The molecule has 1 N–H and O–H groups in total. The van der Waals surface area contributed by atoms with Gasteiger partial charge in [0, 0.05) is 10.9 Å². The average Bonchev–Trinajstić information content (AvgIpc) is 2.95. The lowest BCUT2D eigenvalue weighted by atomic mass is 10.1. The van der Waals surface area contributed by atoms with Crippen LogP contribution >= 0.6 is 0 Å². The molecule has 0 aliphatic heterocycles. The van der Waals surface area contributed by atoms with Gasteiger partial charge in [0.1, 0.15) is 22.7 Å². The number of hydrogen-bond acceptors (Lipinski definition) is 3. The summed E-state index contributed by atoms with van der Waals surface area (Å²) in [4.78, 5) is 11.7. The minimum absolute atomic E-state index is 0.173. The van der Waals surface area contributed by atoms with E-state index in [1.54, 1.807) is 12.1 Å². The third-order valence-electron chi connectivity index (χ3n) is 3.68. The molecule has 0 aliphatic carbocycles. The molecule has 4 nitrogen and oxygen atoms in total. The molecule has 0 fully saturated rings. The highest BCUT2D eigenvalue weighted by molar-refractivity contribution is 6.08.